The molecule has 0 aromatic heterocycles. The van der Waals surface area contributed by atoms with Crippen molar-refractivity contribution in [3.63, 3.8) is 0 Å². The maximum Gasteiger partial charge on any atom is 0.253 e. The minimum atomic E-state index is -0.378. The number of hydrogen-bond donors (Lipinski definition) is 1. The Morgan fingerprint density at radius 1 is 1.28 bits per heavy atom. The maximum absolute atomic E-state index is 12.3. The Morgan fingerprint density at radius 2 is 1.89 bits per heavy atom. The van der Waals surface area contributed by atoms with Gasteiger partial charge in [0.25, 0.3) is 5.91 Å². The lowest BCUT2D eigenvalue weighted by Crippen LogP contribution is -2.46. The van der Waals surface area contributed by atoms with E-state index in [4.69, 9.17) is 0 Å². The summed E-state index contributed by atoms with van der Waals surface area (Å²) in [7, 11) is 1.79. The van der Waals surface area contributed by atoms with Gasteiger partial charge in [0.2, 0.25) is 0 Å². The average Bonchev–Trinajstić information content (AvgIpc) is 2.38. The molecule has 2 rings (SSSR count). The van der Waals surface area contributed by atoms with E-state index in [9.17, 15) is 9.90 Å². The number of aliphatic hydroxyl groups is 1. The SMILES string of the molecule is CN(C(=O)c1ccc(I)cc1)[C@@H]1CCCC[C@@H]1O. The van der Waals surface area contributed by atoms with Gasteiger partial charge >= 0.3 is 0 Å². The van der Waals surface area contributed by atoms with Crippen molar-refractivity contribution in [2.45, 2.75) is 37.8 Å². The molecule has 0 bridgehead atoms. The van der Waals surface area contributed by atoms with E-state index < -0.39 is 0 Å². The molecule has 0 unspecified atom stereocenters. The first-order valence-electron chi connectivity index (χ1n) is 6.30. The first-order chi connectivity index (χ1) is 8.59. The second-order valence-electron chi connectivity index (χ2n) is 4.84. The number of halogens is 1. The maximum atomic E-state index is 12.3. The van der Waals surface area contributed by atoms with Crippen LogP contribution in [0.5, 0.6) is 0 Å². The fraction of sp³-hybridized carbons (Fsp3) is 0.500. The normalized spacial score (nSPS) is 23.7. The van der Waals surface area contributed by atoms with E-state index in [0.717, 1.165) is 29.3 Å². The summed E-state index contributed by atoms with van der Waals surface area (Å²) in [5.41, 5.74) is 0.690. The molecule has 1 N–H and O–H groups in total. The van der Waals surface area contributed by atoms with Gasteiger partial charge in [-0.1, -0.05) is 12.8 Å². The first-order valence-corrected chi connectivity index (χ1v) is 7.38. The third-order valence-corrected chi connectivity index (χ3v) is 4.32. The number of rotatable bonds is 2. The van der Waals surface area contributed by atoms with Crippen LogP contribution in [0.1, 0.15) is 36.0 Å². The highest BCUT2D eigenvalue weighted by Gasteiger charge is 2.29. The smallest absolute Gasteiger partial charge is 0.253 e. The molecule has 3 nitrogen and oxygen atoms in total. The number of hydrogen-bond acceptors (Lipinski definition) is 2. The monoisotopic (exact) mass is 359 g/mol. The Labute approximate surface area is 121 Å². The van der Waals surface area contributed by atoms with Gasteiger partial charge in [0, 0.05) is 16.2 Å². The van der Waals surface area contributed by atoms with Crippen LogP contribution in [-0.2, 0) is 0 Å². The minimum Gasteiger partial charge on any atom is -0.391 e. The molecular weight excluding hydrogens is 341 g/mol. The molecule has 1 saturated carbocycles. The Balaban J connectivity index is 2.10. The Hall–Kier alpha value is -0.620. The van der Waals surface area contributed by atoms with Crippen LogP contribution in [0.4, 0.5) is 0 Å². The van der Waals surface area contributed by atoms with Gasteiger partial charge in [-0.05, 0) is 59.7 Å². The van der Waals surface area contributed by atoms with Crippen LogP contribution in [0.3, 0.4) is 0 Å². The number of amides is 1. The highest BCUT2D eigenvalue weighted by molar-refractivity contribution is 14.1. The van der Waals surface area contributed by atoms with Gasteiger partial charge in [-0.15, -0.1) is 0 Å². The molecule has 2 atom stereocenters. The standard InChI is InChI=1S/C14H18INO2/c1-16(12-4-2-3-5-13(12)17)14(18)10-6-8-11(15)9-7-10/h6-9,12-13,17H,2-5H2,1H3/t12-,13+/m1/s1. The van der Waals surface area contributed by atoms with Crippen molar-refractivity contribution in [1.82, 2.24) is 4.90 Å². The summed E-state index contributed by atoms with van der Waals surface area (Å²) in [4.78, 5) is 14.0. The summed E-state index contributed by atoms with van der Waals surface area (Å²) >= 11 is 2.22. The lowest BCUT2D eigenvalue weighted by atomic mass is 9.91. The topological polar surface area (TPSA) is 40.5 Å². The summed E-state index contributed by atoms with van der Waals surface area (Å²) < 4.78 is 1.12. The molecule has 1 fully saturated rings. The third kappa shape index (κ3) is 3.03. The van der Waals surface area contributed by atoms with Crippen molar-refractivity contribution in [2.24, 2.45) is 0 Å². The lowest BCUT2D eigenvalue weighted by molar-refractivity contribution is 0.0268. The van der Waals surface area contributed by atoms with Gasteiger partial charge in [0.1, 0.15) is 0 Å². The molecule has 1 aromatic rings. The van der Waals surface area contributed by atoms with Crippen molar-refractivity contribution >= 4 is 28.5 Å². The van der Waals surface area contributed by atoms with Gasteiger partial charge in [0.05, 0.1) is 12.1 Å². The molecular formula is C14H18INO2. The van der Waals surface area contributed by atoms with Gasteiger partial charge < -0.3 is 10.0 Å². The van der Waals surface area contributed by atoms with Gasteiger partial charge in [-0.3, -0.25) is 4.79 Å². The minimum absolute atomic E-state index is 0.00245. The Morgan fingerprint density at radius 3 is 2.50 bits per heavy atom. The predicted molar refractivity (Wildman–Crippen MR) is 79.5 cm³/mol. The van der Waals surface area contributed by atoms with Crippen molar-refractivity contribution in [2.75, 3.05) is 7.05 Å². The van der Waals surface area contributed by atoms with Crippen LogP contribution >= 0.6 is 22.6 Å². The molecule has 1 aromatic carbocycles. The largest absolute Gasteiger partial charge is 0.391 e. The van der Waals surface area contributed by atoms with Crippen LogP contribution in [0.15, 0.2) is 24.3 Å². The molecule has 4 heteroatoms. The second-order valence-corrected chi connectivity index (χ2v) is 6.09. The Bertz CT molecular complexity index is 418. The first kappa shape index (κ1) is 13.8. The highest BCUT2D eigenvalue weighted by atomic mass is 127. The van der Waals surface area contributed by atoms with E-state index in [1.165, 1.54) is 0 Å². The summed E-state index contributed by atoms with van der Waals surface area (Å²) in [6.45, 7) is 0. The molecule has 0 radical (unpaired) electrons. The number of aliphatic hydroxyl groups excluding tert-OH is 1. The summed E-state index contributed by atoms with van der Waals surface area (Å²) in [6.07, 6.45) is 3.47. The molecule has 1 aliphatic rings. The second kappa shape index (κ2) is 6.02. The molecule has 1 amide bonds. The molecule has 0 aliphatic heterocycles. The van der Waals surface area contributed by atoms with E-state index in [1.54, 1.807) is 11.9 Å². The zero-order valence-corrected chi connectivity index (χ0v) is 12.6. The third-order valence-electron chi connectivity index (χ3n) is 3.60. The molecule has 18 heavy (non-hydrogen) atoms. The average molecular weight is 359 g/mol. The van der Waals surface area contributed by atoms with E-state index in [2.05, 4.69) is 22.6 Å². The molecule has 1 aliphatic carbocycles. The van der Waals surface area contributed by atoms with E-state index >= 15 is 0 Å². The van der Waals surface area contributed by atoms with E-state index in [0.29, 0.717) is 5.56 Å². The lowest BCUT2D eigenvalue weighted by Gasteiger charge is -2.35. The number of benzene rings is 1. The zero-order valence-electron chi connectivity index (χ0n) is 10.5. The highest BCUT2D eigenvalue weighted by Crippen LogP contribution is 2.23. The molecule has 0 heterocycles. The van der Waals surface area contributed by atoms with Crippen LogP contribution in [-0.4, -0.2) is 35.1 Å². The number of carbonyl (C=O) groups excluding carboxylic acids is 1. The fourth-order valence-corrected chi connectivity index (χ4v) is 2.85. The van der Waals surface area contributed by atoms with Gasteiger partial charge in [-0.2, -0.15) is 0 Å². The van der Waals surface area contributed by atoms with Crippen LogP contribution in [0, 0.1) is 3.57 Å². The van der Waals surface area contributed by atoms with Crippen LogP contribution in [0.25, 0.3) is 0 Å². The van der Waals surface area contributed by atoms with Crippen molar-refractivity contribution in [3.8, 4) is 0 Å². The number of nitrogens with zero attached hydrogens (tertiary/aromatic N) is 1. The summed E-state index contributed by atoms with van der Waals surface area (Å²) in [5, 5.41) is 9.98. The molecule has 98 valence electrons. The van der Waals surface area contributed by atoms with Gasteiger partial charge in [0.15, 0.2) is 0 Å². The number of likely N-dealkylation sites (N-methyl/N-ethyl adjacent to an activating group) is 1. The molecule has 0 saturated heterocycles. The van der Waals surface area contributed by atoms with Gasteiger partial charge in [-0.25, -0.2) is 0 Å². The van der Waals surface area contributed by atoms with Crippen molar-refractivity contribution in [1.29, 1.82) is 0 Å². The number of carbonyl (C=O) groups is 1. The van der Waals surface area contributed by atoms with Crippen LogP contribution in [0.2, 0.25) is 0 Å². The summed E-state index contributed by atoms with van der Waals surface area (Å²) in [5.74, 6) is -0.00245. The fourth-order valence-electron chi connectivity index (χ4n) is 2.49. The van der Waals surface area contributed by atoms with Crippen LogP contribution < -0.4 is 0 Å². The summed E-state index contributed by atoms with van der Waals surface area (Å²) in [6, 6.07) is 7.51. The van der Waals surface area contributed by atoms with E-state index in [1.807, 2.05) is 24.3 Å². The van der Waals surface area contributed by atoms with Crippen molar-refractivity contribution < 1.29 is 9.90 Å². The van der Waals surface area contributed by atoms with Crippen molar-refractivity contribution in [3.05, 3.63) is 33.4 Å². The quantitative estimate of drug-likeness (QED) is 0.825. The Kier molecular flexibility index (Phi) is 4.61. The zero-order chi connectivity index (χ0) is 13.1. The molecule has 0 spiro atoms. The predicted octanol–water partition coefficient (Wildman–Crippen LogP) is 2.67. The van der Waals surface area contributed by atoms with E-state index in [-0.39, 0.29) is 18.1 Å².